The molecule has 17 heavy (non-hydrogen) atoms. The normalized spacial score (nSPS) is 31.9. The van der Waals surface area contributed by atoms with Gasteiger partial charge in [0.1, 0.15) is 0 Å². The van der Waals surface area contributed by atoms with Gasteiger partial charge in [-0.15, -0.1) is 0 Å². The standard InChI is InChI=1S/C12H15BrN2O2/c13-11-10(3-4-17-11)12(16)15-8-1-2-9(15)6-7(14)5-8/h3-4,7-9H,1-2,5-6,14H2. The number of amides is 1. The van der Waals surface area contributed by atoms with Crippen LogP contribution in [0, 0.1) is 0 Å². The van der Waals surface area contributed by atoms with Crippen molar-refractivity contribution in [2.24, 2.45) is 5.73 Å². The van der Waals surface area contributed by atoms with E-state index in [1.165, 1.54) is 6.26 Å². The summed E-state index contributed by atoms with van der Waals surface area (Å²) in [6.07, 6.45) is 5.56. The molecule has 1 aromatic heterocycles. The van der Waals surface area contributed by atoms with Gasteiger partial charge >= 0.3 is 0 Å². The third-order valence-corrected chi connectivity index (χ3v) is 4.47. The maximum Gasteiger partial charge on any atom is 0.258 e. The van der Waals surface area contributed by atoms with Crippen LogP contribution in [-0.4, -0.2) is 28.9 Å². The van der Waals surface area contributed by atoms with E-state index < -0.39 is 0 Å². The van der Waals surface area contributed by atoms with Gasteiger partial charge in [-0.3, -0.25) is 4.79 Å². The van der Waals surface area contributed by atoms with Crippen molar-refractivity contribution in [3.63, 3.8) is 0 Å². The van der Waals surface area contributed by atoms with Crippen LogP contribution in [0.25, 0.3) is 0 Å². The summed E-state index contributed by atoms with van der Waals surface area (Å²) >= 11 is 3.27. The van der Waals surface area contributed by atoms with Crippen LogP contribution in [0.1, 0.15) is 36.0 Å². The fourth-order valence-electron chi connectivity index (χ4n) is 3.14. The van der Waals surface area contributed by atoms with Gasteiger partial charge in [0.25, 0.3) is 5.91 Å². The molecule has 1 amide bonds. The van der Waals surface area contributed by atoms with Gasteiger partial charge in [0.15, 0.2) is 4.67 Å². The van der Waals surface area contributed by atoms with Crippen molar-refractivity contribution >= 4 is 21.8 Å². The Morgan fingerprint density at radius 2 is 2.06 bits per heavy atom. The molecule has 2 bridgehead atoms. The van der Waals surface area contributed by atoms with Crippen molar-refractivity contribution in [1.82, 2.24) is 4.90 Å². The minimum Gasteiger partial charge on any atom is -0.457 e. The molecule has 3 heterocycles. The highest BCUT2D eigenvalue weighted by Crippen LogP contribution is 2.37. The molecule has 2 atom stereocenters. The second-order valence-electron chi connectivity index (χ2n) is 4.94. The van der Waals surface area contributed by atoms with Gasteiger partial charge in [-0.2, -0.15) is 0 Å². The Morgan fingerprint density at radius 1 is 1.41 bits per heavy atom. The zero-order valence-electron chi connectivity index (χ0n) is 9.43. The first-order chi connectivity index (χ1) is 8.16. The summed E-state index contributed by atoms with van der Waals surface area (Å²) in [6, 6.07) is 2.61. The predicted octanol–water partition coefficient (Wildman–Crippen LogP) is 2.14. The molecule has 0 aliphatic carbocycles. The third-order valence-electron chi connectivity index (χ3n) is 3.85. The summed E-state index contributed by atoms with van der Waals surface area (Å²) in [4.78, 5) is 14.5. The molecule has 2 saturated heterocycles. The molecule has 2 unspecified atom stereocenters. The number of fused-ring (bicyclic) bond motifs is 2. The molecule has 0 spiro atoms. The highest BCUT2D eigenvalue weighted by molar-refractivity contribution is 9.10. The van der Waals surface area contributed by atoms with Gasteiger partial charge < -0.3 is 15.1 Å². The fourth-order valence-corrected chi connectivity index (χ4v) is 3.55. The van der Waals surface area contributed by atoms with Gasteiger partial charge in [-0.05, 0) is 47.7 Å². The summed E-state index contributed by atoms with van der Waals surface area (Å²) in [5, 5.41) is 0. The van der Waals surface area contributed by atoms with E-state index in [4.69, 9.17) is 10.2 Å². The Morgan fingerprint density at radius 3 is 2.59 bits per heavy atom. The number of rotatable bonds is 1. The molecule has 3 rings (SSSR count). The molecule has 2 fully saturated rings. The van der Waals surface area contributed by atoms with Crippen molar-refractivity contribution in [3.05, 3.63) is 22.6 Å². The highest BCUT2D eigenvalue weighted by Gasteiger charge is 2.43. The third kappa shape index (κ3) is 1.81. The Bertz CT molecular complexity index is 431. The molecular weight excluding hydrogens is 284 g/mol. The van der Waals surface area contributed by atoms with Crippen molar-refractivity contribution in [1.29, 1.82) is 0 Å². The summed E-state index contributed by atoms with van der Waals surface area (Å²) in [7, 11) is 0. The molecular formula is C12H15BrN2O2. The smallest absolute Gasteiger partial charge is 0.258 e. The topological polar surface area (TPSA) is 59.5 Å². The Labute approximate surface area is 108 Å². The molecule has 5 heteroatoms. The largest absolute Gasteiger partial charge is 0.457 e. The summed E-state index contributed by atoms with van der Waals surface area (Å²) in [5.74, 6) is 0.0741. The maximum atomic E-state index is 12.4. The number of hydrogen-bond donors (Lipinski definition) is 1. The lowest BCUT2D eigenvalue weighted by Gasteiger charge is -2.37. The van der Waals surface area contributed by atoms with Gasteiger partial charge in [0.2, 0.25) is 0 Å². The minimum atomic E-state index is 0.0741. The van der Waals surface area contributed by atoms with Crippen molar-refractivity contribution in [2.45, 2.75) is 43.8 Å². The zero-order chi connectivity index (χ0) is 12.0. The molecule has 0 aromatic carbocycles. The number of hydrogen-bond acceptors (Lipinski definition) is 3. The summed E-state index contributed by atoms with van der Waals surface area (Å²) < 4.78 is 5.66. The van der Waals surface area contributed by atoms with Crippen LogP contribution in [-0.2, 0) is 0 Å². The number of nitrogens with zero attached hydrogens (tertiary/aromatic N) is 1. The fraction of sp³-hybridized carbons (Fsp3) is 0.583. The lowest BCUT2D eigenvalue weighted by atomic mass is 9.97. The first kappa shape index (κ1) is 11.3. The second kappa shape index (κ2) is 4.14. The second-order valence-corrected chi connectivity index (χ2v) is 5.66. The van der Waals surface area contributed by atoms with Crippen LogP contribution < -0.4 is 5.73 Å². The predicted molar refractivity (Wildman–Crippen MR) is 66.6 cm³/mol. The Balaban J connectivity index is 1.86. The number of furan rings is 1. The van der Waals surface area contributed by atoms with E-state index in [1.54, 1.807) is 6.07 Å². The first-order valence-corrected chi connectivity index (χ1v) is 6.77. The average molecular weight is 299 g/mol. The molecule has 2 aliphatic rings. The molecule has 92 valence electrons. The van der Waals surface area contributed by atoms with Crippen molar-refractivity contribution in [2.75, 3.05) is 0 Å². The van der Waals surface area contributed by atoms with E-state index in [2.05, 4.69) is 15.9 Å². The van der Waals surface area contributed by atoms with E-state index in [1.807, 2.05) is 4.90 Å². The van der Waals surface area contributed by atoms with Crippen molar-refractivity contribution in [3.8, 4) is 0 Å². The lowest BCUT2D eigenvalue weighted by Crippen LogP contribution is -2.50. The average Bonchev–Trinajstić information content (AvgIpc) is 2.81. The van der Waals surface area contributed by atoms with E-state index in [9.17, 15) is 4.79 Å². The van der Waals surface area contributed by atoms with E-state index >= 15 is 0 Å². The van der Waals surface area contributed by atoms with Crippen LogP contribution in [0.2, 0.25) is 0 Å². The molecule has 0 saturated carbocycles. The number of nitrogens with two attached hydrogens (primary N) is 1. The number of carbonyl (C=O) groups is 1. The summed E-state index contributed by atoms with van der Waals surface area (Å²) in [6.45, 7) is 0. The van der Waals surface area contributed by atoms with Crippen LogP contribution in [0.4, 0.5) is 0 Å². The monoisotopic (exact) mass is 298 g/mol. The van der Waals surface area contributed by atoms with Gasteiger partial charge in [0.05, 0.1) is 11.8 Å². The zero-order valence-corrected chi connectivity index (χ0v) is 11.0. The molecule has 2 aliphatic heterocycles. The van der Waals surface area contributed by atoms with Gasteiger partial charge in [-0.1, -0.05) is 0 Å². The molecule has 0 radical (unpaired) electrons. The number of halogens is 1. The maximum absolute atomic E-state index is 12.4. The van der Waals surface area contributed by atoms with Crippen LogP contribution >= 0.6 is 15.9 Å². The van der Waals surface area contributed by atoms with Crippen LogP contribution in [0.3, 0.4) is 0 Å². The van der Waals surface area contributed by atoms with E-state index in [-0.39, 0.29) is 11.9 Å². The van der Waals surface area contributed by atoms with Crippen molar-refractivity contribution < 1.29 is 9.21 Å². The number of carbonyl (C=O) groups excluding carboxylic acids is 1. The Hall–Kier alpha value is -0.810. The molecule has 2 N–H and O–H groups in total. The summed E-state index contributed by atoms with van der Waals surface area (Å²) in [5.41, 5.74) is 6.62. The lowest BCUT2D eigenvalue weighted by molar-refractivity contribution is 0.0573. The SMILES string of the molecule is NC1CC2CCC(C1)N2C(=O)c1ccoc1Br. The van der Waals surface area contributed by atoms with E-state index in [0.29, 0.717) is 22.3 Å². The molecule has 1 aromatic rings. The highest BCUT2D eigenvalue weighted by atomic mass is 79.9. The Kier molecular flexibility index (Phi) is 2.75. The number of piperidine rings is 1. The van der Waals surface area contributed by atoms with Gasteiger partial charge in [-0.25, -0.2) is 0 Å². The first-order valence-electron chi connectivity index (χ1n) is 5.98. The minimum absolute atomic E-state index is 0.0741. The van der Waals surface area contributed by atoms with Crippen LogP contribution in [0.5, 0.6) is 0 Å². The van der Waals surface area contributed by atoms with E-state index in [0.717, 1.165) is 25.7 Å². The molecule has 4 nitrogen and oxygen atoms in total. The van der Waals surface area contributed by atoms with Gasteiger partial charge in [0, 0.05) is 18.1 Å². The van der Waals surface area contributed by atoms with Crippen LogP contribution in [0.15, 0.2) is 21.4 Å². The quantitative estimate of drug-likeness (QED) is 0.864.